The van der Waals surface area contributed by atoms with Gasteiger partial charge in [0.1, 0.15) is 34.3 Å². The number of para-hydroxylation sites is 1. The van der Waals surface area contributed by atoms with E-state index in [0.717, 1.165) is 77.5 Å². The number of aliphatic imine (C=N–C) groups is 2. The average molecular weight is 618 g/mol. The molecule has 1 unspecified atom stereocenters. The summed E-state index contributed by atoms with van der Waals surface area (Å²) in [5.41, 5.74) is 8.55. The molecule has 0 saturated carbocycles. The van der Waals surface area contributed by atoms with Crippen LogP contribution in [0.15, 0.2) is 170 Å². The number of nitrogens with one attached hydrogen (secondary N) is 1. The Morgan fingerprint density at radius 2 is 1.21 bits per heavy atom. The number of fused-ring (bicyclic) bond motifs is 7. The Labute approximate surface area is 275 Å². The molecule has 5 nitrogen and oxygen atoms in total. The maximum absolute atomic E-state index is 6.42. The molecule has 0 bridgehead atoms. The van der Waals surface area contributed by atoms with Gasteiger partial charge in [-0.05, 0) is 69.9 Å². The van der Waals surface area contributed by atoms with Crippen LogP contribution in [0.4, 0.5) is 0 Å². The van der Waals surface area contributed by atoms with Crippen molar-refractivity contribution in [2.45, 2.75) is 6.17 Å². The number of hydrogen-bond donors (Lipinski definition) is 1. The summed E-state index contributed by atoms with van der Waals surface area (Å²) < 4.78 is 12.6. The third kappa shape index (κ3) is 4.32. The van der Waals surface area contributed by atoms with E-state index in [1.165, 1.54) is 10.8 Å². The molecule has 7 aromatic carbocycles. The van der Waals surface area contributed by atoms with Gasteiger partial charge in [-0.2, -0.15) is 0 Å². The molecule has 1 N–H and O–H groups in total. The zero-order valence-electron chi connectivity index (χ0n) is 25.7. The van der Waals surface area contributed by atoms with Crippen molar-refractivity contribution < 1.29 is 8.83 Å². The maximum atomic E-state index is 6.42. The lowest BCUT2D eigenvalue weighted by atomic mass is 9.99. The van der Waals surface area contributed by atoms with Gasteiger partial charge in [0.15, 0.2) is 5.84 Å². The Morgan fingerprint density at radius 3 is 2.15 bits per heavy atom. The van der Waals surface area contributed by atoms with Crippen molar-refractivity contribution in [3.8, 4) is 11.1 Å². The van der Waals surface area contributed by atoms with Gasteiger partial charge < -0.3 is 14.2 Å². The second kappa shape index (κ2) is 10.5. The minimum atomic E-state index is -0.322. The molecule has 0 saturated heterocycles. The second-order valence-corrected chi connectivity index (χ2v) is 12.2. The van der Waals surface area contributed by atoms with Gasteiger partial charge in [-0.15, -0.1) is 0 Å². The summed E-state index contributed by atoms with van der Waals surface area (Å²) in [5, 5.41) is 10.2. The van der Waals surface area contributed by atoms with Gasteiger partial charge >= 0.3 is 0 Å². The lowest BCUT2D eigenvalue weighted by Gasteiger charge is -2.24. The predicted molar refractivity (Wildman–Crippen MR) is 196 cm³/mol. The van der Waals surface area contributed by atoms with E-state index < -0.39 is 0 Å². The molecule has 2 aromatic heterocycles. The lowest BCUT2D eigenvalue weighted by molar-refractivity contribution is 0.668. The van der Waals surface area contributed by atoms with Gasteiger partial charge in [0, 0.05) is 32.7 Å². The number of hydrogen-bond acceptors (Lipinski definition) is 5. The van der Waals surface area contributed by atoms with E-state index in [0.29, 0.717) is 5.84 Å². The number of amidine groups is 2. The molecule has 1 aliphatic heterocycles. The summed E-state index contributed by atoms with van der Waals surface area (Å²) in [6.45, 7) is 0. The number of nitrogens with zero attached hydrogens (tertiary/aromatic N) is 2. The van der Waals surface area contributed by atoms with E-state index in [9.17, 15) is 0 Å². The molecule has 0 radical (unpaired) electrons. The highest BCUT2D eigenvalue weighted by atomic mass is 16.3. The Kier molecular flexibility index (Phi) is 5.87. The van der Waals surface area contributed by atoms with Crippen LogP contribution in [-0.2, 0) is 0 Å². The van der Waals surface area contributed by atoms with E-state index in [2.05, 4.69) is 108 Å². The van der Waals surface area contributed by atoms with E-state index in [4.69, 9.17) is 18.8 Å². The van der Waals surface area contributed by atoms with Crippen LogP contribution in [0.25, 0.3) is 65.8 Å². The summed E-state index contributed by atoms with van der Waals surface area (Å²) >= 11 is 0. The van der Waals surface area contributed by atoms with Crippen LogP contribution in [-0.4, -0.2) is 11.7 Å². The Balaban J connectivity index is 1.14. The van der Waals surface area contributed by atoms with Crippen molar-refractivity contribution in [3.63, 3.8) is 0 Å². The van der Waals surface area contributed by atoms with E-state index >= 15 is 0 Å². The van der Waals surface area contributed by atoms with Gasteiger partial charge in [-0.1, -0.05) is 109 Å². The van der Waals surface area contributed by atoms with Crippen molar-refractivity contribution >= 4 is 66.3 Å². The van der Waals surface area contributed by atoms with Crippen molar-refractivity contribution in [3.05, 3.63) is 168 Å². The highest BCUT2D eigenvalue weighted by Crippen LogP contribution is 2.38. The fourth-order valence-corrected chi connectivity index (χ4v) is 6.96. The zero-order valence-corrected chi connectivity index (χ0v) is 25.7. The van der Waals surface area contributed by atoms with Gasteiger partial charge in [0.25, 0.3) is 0 Å². The standard InChI is InChI=1S/C43H27N3O2/c1-2-10-27(11-3-1)41-44-42(31-18-17-26-9-4-5-12-28(26)23-31)46-43(45-41)34-14-8-16-38-40(34)35-24-29(20-22-37(35)47-38)30-19-21-33-32-13-6-7-15-36(32)48-39(33)25-30/h1-25,42H,(H,44,45,46). The Hall–Kier alpha value is -6.46. The fraction of sp³-hybridized carbons (Fsp3) is 0.0233. The average Bonchev–Trinajstić information content (AvgIpc) is 3.72. The van der Waals surface area contributed by atoms with Crippen LogP contribution in [0.3, 0.4) is 0 Å². The fourth-order valence-electron chi connectivity index (χ4n) is 6.96. The van der Waals surface area contributed by atoms with Crippen LogP contribution in [0.1, 0.15) is 22.9 Å². The molecule has 0 aliphatic carbocycles. The topological polar surface area (TPSA) is 63.0 Å². The monoisotopic (exact) mass is 617 g/mol. The van der Waals surface area contributed by atoms with Crippen LogP contribution >= 0.6 is 0 Å². The Morgan fingerprint density at radius 1 is 0.479 bits per heavy atom. The van der Waals surface area contributed by atoms with Crippen LogP contribution < -0.4 is 5.32 Å². The van der Waals surface area contributed by atoms with Crippen molar-refractivity contribution in [2.24, 2.45) is 9.98 Å². The quantitative estimate of drug-likeness (QED) is 0.214. The van der Waals surface area contributed by atoms with Crippen LogP contribution in [0.2, 0.25) is 0 Å². The van der Waals surface area contributed by atoms with E-state index in [-0.39, 0.29) is 6.17 Å². The smallest absolute Gasteiger partial charge is 0.160 e. The van der Waals surface area contributed by atoms with E-state index in [1.54, 1.807) is 0 Å². The summed E-state index contributed by atoms with van der Waals surface area (Å²) in [7, 11) is 0. The van der Waals surface area contributed by atoms with E-state index in [1.807, 2.05) is 48.5 Å². The molecular formula is C43H27N3O2. The van der Waals surface area contributed by atoms with Crippen LogP contribution in [0.5, 0.6) is 0 Å². The first-order chi connectivity index (χ1) is 23.7. The summed E-state index contributed by atoms with van der Waals surface area (Å²) in [4.78, 5) is 10.4. The first-order valence-corrected chi connectivity index (χ1v) is 16.1. The molecule has 5 heteroatoms. The highest BCUT2D eigenvalue weighted by Gasteiger charge is 2.24. The SMILES string of the molecule is c1ccc(C2=NC(c3cccc4oc5ccc(-c6ccc7c(c6)oc6ccccc67)cc5c34)=NC(c3ccc4ccccc4c3)N2)cc1. The maximum Gasteiger partial charge on any atom is 0.160 e. The molecule has 10 rings (SSSR count). The minimum Gasteiger partial charge on any atom is -0.456 e. The molecule has 0 spiro atoms. The first kappa shape index (κ1) is 26.7. The molecule has 0 amide bonds. The molecule has 1 aliphatic rings. The molecule has 48 heavy (non-hydrogen) atoms. The first-order valence-electron chi connectivity index (χ1n) is 16.1. The van der Waals surface area contributed by atoms with Crippen molar-refractivity contribution in [1.29, 1.82) is 0 Å². The van der Waals surface area contributed by atoms with Gasteiger partial charge in [-0.3, -0.25) is 0 Å². The normalized spacial score (nSPS) is 14.9. The summed E-state index contributed by atoms with van der Waals surface area (Å²) in [6.07, 6.45) is -0.322. The van der Waals surface area contributed by atoms with Gasteiger partial charge in [-0.25, -0.2) is 9.98 Å². The molecule has 3 heterocycles. The van der Waals surface area contributed by atoms with Gasteiger partial charge in [0.2, 0.25) is 0 Å². The predicted octanol–water partition coefficient (Wildman–Crippen LogP) is 10.8. The van der Waals surface area contributed by atoms with Crippen LogP contribution in [0, 0.1) is 0 Å². The number of furan rings is 2. The number of benzene rings is 7. The number of rotatable bonds is 4. The molecule has 0 fully saturated rings. The van der Waals surface area contributed by atoms with Crippen molar-refractivity contribution in [2.75, 3.05) is 0 Å². The summed E-state index contributed by atoms with van der Waals surface area (Å²) in [6, 6.07) is 52.3. The third-order valence-electron chi connectivity index (χ3n) is 9.33. The minimum absolute atomic E-state index is 0.322. The molecule has 1 atom stereocenters. The largest absolute Gasteiger partial charge is 0.456 e. The third-order valence-corrected chi connectivity index (χ3v) is 9.33. The molecule has 9 aromatic rings. The zero-order chi connectivity index (χ0) is 31.6. The second-order valence-electron chi connectivity index (χ2n) is 12.2. The molecule has 226 valence electrons. The van der Waals surface area contributed by atoms with Gasteiger partial charge in [0.05, 0.1) is 0 Å². The highest BCUT2D eigenvalue weighted by molar-refractivity contribution is 6.22. The summed E-state index contributed by atoms with van der Waals surface area (Å²) in [5.74, 6) is 1.44. The van der Waals surface area contributed by atoms with Crippen molar-refractivity contribution in [1.82, 2.24) is 5.32 Å². The lowest BCUT2D eigenvalue weighted by Crippen LogP contribution is -2.33. The molecular weight excluding hydrogens is 590 g/mol. The Bertz CT molecular complexity index is 2770.